The molecule has 1 fully saturated rings. The first kappa shape index (κ1) is 19.5. The lowest BCUT2D eigenvalue weighted by Crippen LogP contribution is -2.24. The fourth-order valence-electron chi connectivity index (χ4n) is 3.08. The highest BCUT2D eigenvalue weighted by Gasteiger charge is 2.33. The summed E-state index contributed by atoms with van der Waals surface area (Å²) in [5.74, 6) is -0.519. The number of alkyl halides is 3. The van der Waals surface area contributed by atoms with Gasteiger partial charge in [0.1, 0.15) is 0 Å². The number of halogens is 4. The molecule has 0 spiro atoms. The van der Waals surface area contributed by atoms with Gasteiger partial charge in [-0.15, -0.1) is 0 Å². The summed E-state index contributed by atoms with van der Waals surface area (Å²) in [7, 11) is 0. The Morgan fingerprint density at radius 1 is 1.07 bits per heavy atom. The summed E-state index contributed by atoms with van der Waals surface area (Å²) >= 11 is 5.61. The second-order valence-electron chi connectivity index (χ2n) is 6.48. The molecule has 1 saturated heterocycles. The third-order valence-corrected chi connectivity index (χ3v) is 4.82. The number of anilines is 2. The Labute approximate surface area is 160 Å². The van der Waals surface area contributed by atoms with Crippen LogP contribution in [0.5, 0.6) is 0 Å². The van der Waals surface area contributed by atoms with Crippen molar-refractivity contribution in [1.82, 2.24) is 4.98 Å². The number of nitrogens with zero attached hydrogens (tertiary/aromatic N) is 2. The molecule has 1 aliphatic heterocycles. The van der Waals surface area contributed by atoms with Gasteiger partial charge in [-0.3, -0.25) is 9.78 Å². The van der Waals surface area contributed by atoms with Crippen LogP contribution in [0.3, 0.4) is 0 Å². The standard InChI is InChI=1S/C19H19ClF3N3O/c20-17-6-5-14(10-16(17)19(21,22)23)25-18(27)13-9-15(12-24-11-13)26-7-3-1-2-4-8-26/h5-6,9-12H,1-4,7-8H2,(H,25,27). The van der Waals surface area contributed by atoms with E-state index in [1.54, 1.807) is 12.3 Å². The Balaban J connectivity index is 1.78. The van der Waals surface area contributed by atoms with Gasteiger partial charge in [0.15, 0.2) is 0 Å². The summed E-state index contributed by atoms with van der Waals surface area (Å²) < 4.78 is 38.9. The molecule has 0 unspecified atom stereocenters. The molecule has 144 valence electrons. The highest BCUT2D eigenvalue weighted by Crippen LogP contribution is 2.36. The van der Waals surface area contributed by atoms with E-state index >= 15 is 0 Å². The van der Waals surface area contributed by atoms with Crippen LogP contribution >= 0.6 is 11.6 Å². The van der Waals surface area contributed by atoms with Gasteiger partial charge >= 0.3 is 6.18 Å². The van der Waals surface area contributed by atoms with Crippen LogP contribution in [0.2, 0.25) is 5.02 Å². The molecule has 2 aromatic rings. The molecule has 1 aromatic heterocycles. The number of aromatic nitrogens is 1. The number of hydrogen-bond donors (Lipinski definition) is 1. The molecule has 1 N–H and O–H groups in total. The monoisotopic (exact) mass is 397 g/mol. The van der Waals surface area contributed by atoms with Crippen LogP contribution in [0.15, 0.2) is 36.7 Å². The van der Waals surface area contributed by atoms with E-state index in [4.69, 9.17) is 11.6 Å². The van der Waals surface area contributed by atoms with Crippen molar-refractivity contribution in [3.63, 3.8) is 0 Å². The van der Waals surface area contributed by atoms with Crippen LogP contribution < -0.4 is 10.2 Å². The summed E-state index contributed by atoms with van der Waals surface area (Å²) in [5, 5.41) is 2.07. The molecule has 1 amide bonds. The van der Waals surface area contributed by atoms with E-state index in [1.807, 2.05) is 0 Å². The second-order valence-corrected chi connectivity index (χ2v) is 6.89. The molecule has 0 saturated carbocycles. The normalized spacial score (nSPS) is 15.3. The van der Waals surface area contributed by atoms with E-state index in [2.05, 4.69) is 15.2 Å². The van der Waals surface area contributed by atoms with Gasteiger partial charge in [-0.1, -0.05) is 24.4 Å². The van der Waals surface area contributed by atoms with Gasteiger partial charge in [0.05, 0.1) is 28.0 Å². The van der Waals surface area contributed by atoms with Gasteiger partial charge in [0.25, 0.3) is 5.91 Å². The molecule has 0 atom stereocenters. The minimum atomic E-state index is -4.59. The lowest BCUT2D eigenvalue weighted by Gasteiger charge is -2.22. The SMILES string of the molecule is O=C(Nc1ccc(Cl)c(C(F)(F)F)c1)c1cncc(N2CCCCCC2)c1. The highest BCUT2D eigenvalue weighted by molar-refractivity contribution is 6.31. The number of rotatable bonds is 3. The molecule has 1 aliphatic rings. The largest absolute Gasteiger partial charge is 0.417 e. The fourth-order valence-corrected chi connectivity index (χ4v) is 3.30. The number of carbonyl (C=O) groups is 1. The molecule has 3 rings (SSSR count). The Kier molecular flexibility index (Phi) is 5.89. The fraction of sp³-hybridized carbons (Fsp3) is 0.368. The third kappa shape index (κ3) is 4.91. The third-order valence-electron chi connectivity index (χ3n) is 4.49. The number of hydrogen-bond acceptors (Lipinski definition) is 3. The van der Waals surface area contributed by atoms with Crippen LogP contribution in [0.25, 0.3) is 0 Å². The first-order valence-electron chi connectivity index (χ1n) is 8.73. The molecule has 8 heteroatoms. The minimum absolute atomic E-state index is 0.0249. The summed E-state index contributed by atoms with van der Waals surface area (Å²) in [4.78, 5) is 18.8. The topological polar surface area (TPSA) is 45.2 Å². The molecule has 0 bridgehead atoms. The van der Waals surface area contributed by atoms with Crippen molar-refractivity contribution < 1.29 is 18.0 Å². The van der Waals surface area contributed by atoms with Crippen LogP contribution in [0.1, 0.15) is 41.6 Å². The predicted molar refractivity (Wildman–Crippen MR) is 99.3 cm³/mol. The van der Waals surface area contributed by atoms with E-state index in [9.17, 15) is 18.0 Å². The van der Waals surface area contributed by atoms with E-state index < -0.39 is 22.7 Å². The first-order chi connectivity index (χ1) is 12.8. The summed E-state index contributed by atoms with van der Waals surface area (Å²) in [6.45, 7) is 1.80. The van der Waals surface area contributed by atoms with E-state index in [0.717, 1.165) is 43.8 Å². The number of carbonyl (C=O) groups excluding carboxylic acids is 1. The van der Waals surface area contributed by atoms with Gasteiger partial charge < -0.3 is 10.2 Å². The number of nitrogens with one attached hydrogen (secondary N) is 1. The highest BCUT2D eigenvalue weighted by atomic mass is 35.5. The van der Waals surface area contributed by atoms with Crippen LogP contribution in [0.4, 0.5) is 24.5 Å². The van der Waals surface area contributed by atoms with Crippen molar-refractivity contribution in [3.05, 3.63) is 52.8 Å². The van der Waals surface area contributed by atoms with Crippen molar-refractivity contribution >= 4 is 28.9 Å². The Morgan fingerprint density at radius 2 is 1.78 bits per heavy atom. The maximum absolute atomic E-state index is 13.0. The summed E-state index contributed by atoms with van der Waals surface area (Å²) in [5.41, 5.74) is 0.173. The Bertz CT molecular complexity index is 818. The number of benzene rings is 1. The van der Waals surface area contributed by atoms with Crippen molar-refractivity contribution in [2.75, 3.05) is 23.3 Å². The molecule has 27 heavy (non-hydrogen) atoms. The lowest BCUT2D eigenvalue weighted by molar-refractivity contribution is -0.137. The van der Waals surface area contributed by atoms with Gasteiger partial charge in [0.2, 0.25) is 0 Å². The summed E-state index contributed by atoms with van der Waals surface area (Å²) in [6.07, 6.45) is 3.04. The zero-order valence-corrected chi connectivity index (χ0v) is 15.3. The molecular formula is C19H19ClF3N3O. The smallest absolute Gasteiger partial charge is 0.370 e. The van der Waals surface area contributed by atoms with Crippen LogP contribution in [0, 0.1) is 0 Å². The average Bonchev–Trinajstić information content (AvgIpc) is 2.92. The number of amides is 1. The minimum Gasteiger partial charge on any atom is -0.370 e. The average molecular weight is 398 g/mol. The number of pyridine rings is 1. The lowest BCUT2D eigenvalue weighted by atomic mass is 10.1. The maximum Gasteiger partial charge on any atom is 0.417 e. The Morgan fingerprint density at radius 3 is 2.44 bits per heavy atom. The molecular weight excluding hydrogens is 379 g/mol. The van der Waals surface area contributed by atoms with Crippen LogP contribution in [-0.2, 0) is 6.18 Å². The van der Waals surface area contributed by atoms with Crippen LogP contribution in [-0.4, -0.2) is 24.0 Å². The van der Waals surface area contributed by atoms with Gasteiger partial charge in [0, 0.05) is 25.0 Å². The van der Waals surface area contributed by atoms with Gasteiger partial charge in [-0.05, 0) is 37.1 Å². The zero-order chi connectivity index (χ0) is 19.4. The molecule has 4 nitrogen and oxygen atoms in total. The van der Waals surface area contributed by atoms with E-state index in [-0.39, 0.29) is 5.69 Å². The quantitative estimate of drug-likeness (QED) is 0.755. The molecule has 0 radical (unpaired) electrons. The maximum atomic E-state index is 13.0. The van der Waals surface area contributed by atoms with Crippen molar-refractivity contribution in [3.8, 4) is 0 Å². The van der Waals surface area contributed by atoms with Crippen molar-refractivity contribution in [2.45, 2.75) is 31.9 Å². The zero-order valence-electron chi connectivity index (χ0n) is 14.5. The van der Waals surface area contributed by atoms with E-state index in [1.165, 1.54) is 25.1 Å². The molecule has 0 aliphatic carbocycles. The second kappa shape index (κ2) is 8.17. The van der Waals surface area contributed by atoms with Gasteiger partial charge in [-0.25, -0.2) is 0 Å². The first-order valence-corrected chi connectivity index (χ1v) is 9.10. The van der Waals surface area contributed by atoms with Crippen molar-refractivity contribution in [2.24, 2.45) is 0 Å². The molecule has 1 aromatic carbocycles. The van der Waals surface area contributed by atoms with Crippen molar-refractivity contribution in [1.29, 1.82) is 0 Å². The van der Waals surface area contributed by atoms with Gasteiger partial charge in [-0.2, -0.15) is 13.2 Å². The predicted octanol–water partition coefficient (Wildman–Crippen LogP) is 5.39. The Hall–Kier alpha value is -2.28. The molecule has 2 heterocycles. The summed E-state index contributed by atoms with van der Waals surface area (Å²) in [6, 6.07) is 4.99. The van der Waals surface area contributed by atoms with E-state index in [0.29, 0.717) is 5.56 Å².